The lowest BCUT2D eigenvalue weighted by Crippen LogP contribution is -2.48. The van der Waals surface area contributed by atoms with Gasteiger partial charge in [0.05, 0.1) is 44.1 Å². The van der Waals surface area contributed by atoms with Crippen molar-refractivity contribution in [2.75, 3.05) is 71.6 Å². The number of fused-ring (bicyclic) bond motifs is 1. The van der Waals surface area contributed by atoms with Crippen LogP contribution < -0.4 is 21.7 Å². The van der Waals surface area contributed by atoms with Crippen LogP contribution in [0.3, 0.4) is 0 Å². The van der Waals surface area contributed by atoms with Crippen molar-refractivity contribution in [2.45, 2.75) is 31.7 Å². The molecule has 39 heavy (non-hydrogen) atoms. The average Bonchev–Trinajstić information content (AvgIpc) is 3.20. The van der Waals surface area contributed by atoms with Gasteiger partial charge in [0.15, 0.2) is 0 Å². The first kappa shape index (κ1) is 31.8. The second-order valence-corrected chi connectivity index (χ2v) is 8.62. The lowest BCUT2D eigenvalue weighted by atomic mass is 10.1. The van der Waals surface area contributed by atoms with Gasteiger partial charge in [0.2, 0.25) is 11.8 Å². The first-order chi connectivity index (χ1) is 19.0. The Kier molecular flexibility index (Phi) is 14.7. The third-order valence-electron chi connectivity index (χ3n) is 5.83. The third-order valence-corrected chi connectivity index (χ3v) is 5.83. The largest absolute Gasteiger partial charge is 0.379 e. The molecule has 0 fully saturated rings. The Morgan fingerprint density at radius 2 is 1.67 bits per heavy atom. The number of carbonyl (C=O) groups excluding carboxylic acids is 5. The normalized spacial score (nSPS) is 13.2. The number of nitrogens with one attached hydrogen (secondary N) is 3. The van der Waals surface area contributed by atoms with Gasteiger partial charge >= 0.3 is 0 Å². The maximum Gasteiger partial charge on any atom is 0.264 e. The molecule has 0 radical (unpaired) electrons. The standard InChI is InChI=1S/C26H39N5O8/c1-28-24(34)21(8-3-11-32)31-25(35)19-6-2-7-20(23(19)26(31)36)30-18-22(33)29-10-5-13-38-15-17-39-16-14-37-12-4-9-27/h2,6-7,11,21,30H,3-5,8-10,12-18,27H2,1H3,(H,28,34)(H,29,33). The van der Waals surface area contributed by atoms with Crippen molar-refractivity contribution in [2.24, 2.45) is 5.73 Å². The molecule has 2 rings (SSSR count). The number of nitrogens with zero attached hydrogens (tertiary/aromatic N) is 1. The Balaban J connectivity index is 1.73. The van der Waals surface area contributed by atoms with Crippen molar-refractivity contribution in [3.8, 4) is 0 Å². The van der Waals surface area contributed by atoms with Gasteiger partial charge in [-0.15, -0.1) is 0 Å². The number of ether oxygens (including phenoxy) is 3. The van der Waals surface area contributed by atoms with Crippen LogP contribution in [0.1, 0.15) is 46.4 Å². The molecule has 13 nitrogen and oxygen atoms in total. The molecule has 1 aliphatic heterocycles. The molecule has 0 bridgehead atoms. The minimum atomic E-state index is -1.11. The number of benzene rings is 1. The van der Waals surface area contributed by atoms with Gasteiger partial charge in [0, 0.05) is 38.9 Å². The second-order valence-electron chi connectivity index (χ2n) is 8.62. The van der Waals surface area contributed by atoms with E-state index in [2.05, 4.69) is 16.0 Å². The first-order valence-corrected chi connectivity index (χ1v) is 13.1. The molecule has 1 aliphatic rings. The smallest absolute Gasteiger partial charge is 0.264 e. The summed E-state index contributed by atoms with van der Waals surface area (Å²) in [5.41, 5.74) is 5.91. The zero-order valence-corrected chi connectivity index (χ0v) is 22.4. The molecule has 216 valence electrons. The fourth-order valence-electron chi connectivity index (χ4n) is 3.87. The van der Waals surface area contributed by atoms with E-state index in [0.29, 0.717) is 71.1 Å². The lowest BCUT2D eigenvalue weighted by molar-refractivity contribution is -0.125. The van der Waals surface area contributed by atoms with Gasteiger partial charge < -0.3 is 40.7 Å². The van der Waals surface area contributed by atoms with Gasteiger partial charge in [0.1, 0.15) is 12.3 Å². The van der Waals surface area contributed by atoms with Crippen LogP contribution in [0.25, 0.3) is 0 Å². The van der Waals surface area contributed by atoms with Crippen LogP contribution in [0.4, 0.5) is 5.69 Å². The maximum atomic E-state index is 13.2. The molecule has 0 aromatic heterocycles. The van der Waals surface area contributed by atoms with Crippen LogP contribution in [-0.4, -0.2) is 107 Å². The van der Waals surface area contributed by atoms with Gasteiger partial charge in [-0.05, 0) is 37.9 Å². The number of aldehydes is 1. The zero-order chi connectivity index (χ0) is 28.5. The molecule has 5 N–H and O–H groups in total. The summed E-state index contributed by atoms with van der Waals surface area (Å²) in [6.07, 6.45) is 2.10. The fraction of sp³-hybridized carbons (Fsp3) is 0.577. The Labute approximate surface area is 228 Å². The van der Waals surface area contributed by atoms with Crippen LogP contribution in [0, 0.1) is 0 Å². The van der Waals surface area contributed by atoms with E-state index in [4.69, 9.17) is 19.9 Å². The lowest BCUT2D eigenvalue weighted by Gasteiger charge is -2.24. The van der Waals surface area contributed by atoms with E-state index >= 15 is 0 Å². The predicted octanol–water partition coefficient (Wildman–Crippen LogP) is -0.307. The first-order valence-electron chi connectivity index (χ1n) is 13.1. The van der Waals surface area contributed by atoms with Gasteiger partial charge in [-0.25, -0.2) is 0 Å². The number of carbonyl (C=O) groups is 5. The van der Waals surface area contributed by atoms with Crippen LogP contribution in [-0.2, 0) is 28.6 Å². The van der Waals surface area contributed by atoms with Crippen molar-refractivity contribution in [3.63, 3.8) is 0 Å². The number of anilines is 1. The van der Waals surface area contributed by atoms with Crippen molar-refractivity contribution in [1.29, 1.82) is 0 Å². The van der Waals surface area contributed by atoms with Gasteiger partial charge in [-0.2, -0.15) is 0 Å². The van der Waals surface area contributed by atoms with Gasteiger partial charge in [0.25, 0.3) is 11.8 Å². The van der Waals surface area contributed by atoms with Crippen molar-refractivity contribution in [1.82, 2.24) is 15.5 Å². The molecule has 0 spiro atoms. The quantitative estimate of drug-likeness (QED) is 0.0903. The van der Waals surface area contributed by atoms with Crippen LogP contribution >= 0.6 is 0 Å². The summed E-state index contributed by atoms with van der Waals surface area (Å²) >= 11 is 0. The molecule has 13 heteroatoms. The third kappa shape index (κ3) is 10.0. The van der Waals surface area contributed by atoms with Gasteiger partial charge in [-0.3, -0.25) is 24.1 Å². The molecule has 1 aromatic rings. The highest BCUT2D eigenvalue weighted by molar-refractivity contribution is 6.25. The van der Waals surface area contributed by atoms with Crippen LogP contribution in [0.15, 0.2) is 18.2 Å². The number of rotatable bonds is 21. The topological polar surface area (TPSA) is 178 Å². The number of hydrogen-bond donors (Lipinski definition) is 4. The molecular weight excluding hydrogens is 510 g/mol. The molecule has 1 unspecified atom stereocenters. The summed E-state index contributed by atoms with van der Waals surface area (Å²) in [5.74, 6) is -2.11. The van der Waals surface area contributed by atoms with Crippen molar-refractivity contribution in [3.05, 3.63) is 29.3 Å². The number of likely N-dealkylation sites (N-methyl/N-ethyl adjacent to an activating group) is 1. The van der Waals surface area contributed by atoms with E-state index in [-0.39, 0.29) is 36.4 Å². The summed E-state index contributed by atoms with van der Waals surface area (Å²) in [6.45, 7) is 3.89. The molecule has 0 saturated heterocycles. The Morgan fingerprint density at radius 3 is 2.31 bits per heavy atom. The number of amides is 4. The highest BCUT2D eigenvalue weighted by Gasteiger charge is 2.43. The second kappa shape index (κ2) is 18.0. The van der Waals surface area contributed by atoms with E-state index in [1.807, 2.05) is 0 Å². The van der Waals surface area contributed by atoms with E-state index in [1.54, 1.807) is 12.1 Å². The Hall–Kier alpha value is -3.39. The molecule has 1 atom stereocenters. The molecule has 0 saturated carbocycles. The Morgan fingerprint density at radius 1 is 1.00 bits per heavy atom. The van der Waals surface area contributed by atoms with E-state index in [1.165, 1.54) is 13.1 Å². The highest BCUT2D eigenvalue weighted by Crippen LogP contribution is 2.31. The number of imide groups is 1. The van der Waals surface area contributed by atoms with E-state index < -0.39 is 23.8 Å². The summed E-state index contributed by atoms with van der Waals surface area (Å²) in [6, 6.07) is 3.55. The summed E-state index contributed by atoms with van der Waals surface area (Å²) in [5, 5.41) is 8.10. The zero-order valence-electron chi connectivity index (χ0n) is 22.4. The molecular formula is C26H39N5O8. The fourth-order valence-corrected chi connectivity index (χ4v) is 3.87. The van der Waals surface area contributed by atoms with E-state index in [9.17, 15) is 24.0 Å². The number of hydrogen-bond acceptors (Lipinski definition) is 10. The molecule has 0 aliphatic carbocycles. The average molecular weight is 550 g/mol. The predicted molar refractivity (Wildman–Crippen MR) is 142 cm³/mol. The van der Waals surface area contributed by atoms with E-state index in [0.717, 1.165) is 11.3 Å². The van der Waals surface area contributed by atoms with Crippen LogP contribution in [0.5, 0.6) is 0 Å². The number of nitrogens with two attached hydrogens (primary N) is 1. The molecule has 1 aromatic carbocycles. The molecule has 1 heterocycles. The van der Waals surface area contributed by atoms with Crippen LogP contribution in [0.2, 0.25) is 0 Å². The summed E-state index contributed by atoms with van der Waals surface area (Å²) in [7, 11) is 1.39. The molecule has 4 amide bonds. The monoisotopic (exact) mass is 549 g/mol. The SMILES string of the molecule is CNC(=O)C(CCC=O)N1C(=O)c2cccc(NCC(=O)NCCCOCCOCCOCCCN)c2C1=O. The minimum Gasteiger partial charge on any atom is -0.379 e. The highest BCUT2D eigenvalue weighted by atomic mass is 16.5. The summed E-state index contributed by atoms with van der Waals surface area (Å²) < 4.78 is 16.2. The van der Waals surface area contributed by atoms with Crippen molar-refractivity contribution < 1.29 is 38.2 Å². The Bertz CT molecular complexity index is 974. The summed E-state index contributed by atoms with van der Waals surface area (Å²) in [4.78, 5) is 62.5. The minimum absolute atomic E-state index is 0.0149. The van der Waals surface area contributed by atoms with Gasteiger partial charge in [-0.1, -0.05) is 6.07 Å². The van der Waals surface area contributed by atoms with Crippen molar-refractivity contribution >= 4 is 35.6 Å². The maximum absolute atomic E-state index is 13.2.